The fourth-order valence-electron chi connectivity index (χ4n) is 3.64. The molecule has 3 atom stereocenters. The second-order valence-corrected chi connectivity index (χ2v) is 7.77. The van der Waals surface area contributed by atoms with Crippen LogP contribution in [0.1, 0.15) is 59.3 Å². The van der Waals surface area contributed by atoms with Crippen LogP contribution in [0.25, 0.3) is 0 Å². The Bertz CT molecular complexity index is 689. The summed E-state index contributed by atoms with van der Waals surface area (Å²) in [5.74, 6) is -1.12. The molecule has 0 aromatic heterocycles. The van der Waals surface area contributed by atoms with Gasteiger partial charge in [0.2, 0.25) is 0 Å². The lowest BCUT2D eigenvalue weighted by molar-refractivity contribution is -0.140. The van der Waals surface area contributed by atoms with Crippen molar-refractivity contribution in [3.63, 3.8) is 0 Å². The highest BCUT2D eigenvalue weighted by Gasteiger charge is 2.44. The molecule has 1 fully saturated rings. The van der Waals surface area contributed by atoms with Crippen molar-refractivity contribution < 1.29 is 28.7 Å². The predicted octanol–water partition coefficient (Wildman–Crippen LogP) is 2.89. The molecule has 2 aliphatic heterocycles. The molecule has 0 saturated carbocycles. The van der Waals surface area contributed by atoms with Crippen LogP contribution in [0.3, 0.4) is 0 Å². The van der Waals surface area contributed by atoms with Gasteiger partial charge >= 0.3 is 5.97 Å². The van der Waals surface area contributed by atoms with Gasteiger partial charge in [0, 0.05) is 37.7 Å². The molecule has 0 N–H and O–H groups in total. The van der Waals surface area contributed by atoms with Crippen LogP contribution in [0.5, 0.6) is 0 Å². The molecule has 0 radical (unpaired) electrons. The summed E-state index contributed by atoms with van der Waals surface area (Å²) < 4.78 is 10.9. The van der Waals surface area contributed by atoms with E-state index in [1.165, 1.54) is 0 Å². The number of hydrogen-bond donors (Lipinski definition) is 0. The molecule has 1 saturated heterocycles. The number of allylic oxidation sites excluding steroid dienone is 2. The first kappa shape index (κ1) is 21.2. The van der Waals surface area contributed by atoms with E-state index in [2.05, 4.69) is 6.58 Å². The Morgan fingerprint density at radius 2 is 1.96 bits per heavy atom. The molecule has 0 aromatic rings. The average Bonchev–Trinajstić information content (AvgIpc) is 2.82. The van der Waals surface area contributed by atoms with Gasteiger partial charge in [-0.05, 0) is 33.1 Å². The van der Waals surface area contributed by atoms with Gasteiger partial charge in [-0.15, -0.1) is 0 Å². The van der Waals surface area contributed by atoms with Crippen LogP contribution >= 0.6 is 0 Å². The van der Waals surface area contributed by atoms with Crippen molar-refractivity contribution in [2.45, 2.75) is 71.0 Å². The van der Waals surface area contributed by atoms with Gasteiger partial charge in [-0.25, -0.2) is 4.79 Å². The lowest BCUT2D eigenvalue weighted by atomic mass is 9.87. The van der Waals surface area contributed by atoms with Gasteiger partial charge in [0.15, 0.2) is 5.78 Å². The van der Waals surface area contributed by atoms with E-state index in [1.807, 2.05) is 6.92 Å². The number of esters is 1. The molecule has 0 unspecified atom stereocenters. The number of hydrogen-bond acceptors (Lipinski definition) is 6. The third-order valence-corrected chi connectivity index (χ3v) is 5.06. The second-order valence-electron chi connectivity index (χ2n) is 7.77. The zero-order valence-corrected chi connectivity index (χ0v) is 16.3. The quantitative estimate of drug-likeness (QED) is 0.556. The van der Waals surface area contributed by atoms with Gasteiger partial charge in [0.25, 0.3) is 0 Å². The zero-order chi connectivity index (χ0) is 20.2. The molecule has 0 amide bonds. The highest BCUT2D eigenvalue weighted by atomic mass is 16.5. The van der Waals surface area contributed by atoms with E-state index in [0.717, 1.165) is 5.57 Å². The third-order valence-electron chi connectivity index (χ3n) is 5.06. The number of carbonyl (C=O) groups is 4. The van der Waals surface area contributed by atoms with Crippen LogP contribution in [0.4, 0.5) is 0 Å². The van der Waals surface area contributed by atoms with E-state index >= 15 is 0 Å². The number of ether oxygens (including phenoxy) is 2. The first-order chi connectivity index (χ1) is 12.6. The summed E-state index contributed by atoms with van der Waals surface area (Å²) in [5.41, 5.74) is 0.164. The Morgan fingerprint density at radius 1 is 1.26 bits per heavy atom. The van der Waals surface area contributed by atoms with Gasteiger partial charge < -0.3 is 9.47 Å². The molecular weight excluding hydrogens is 348 g/mol. The number of ketones is 3. The monoisotopic (exact) mass is 376 g/mol. The molecular formula is C21H28O6. The fraction of sp³-hybridized carbons (Fsp3) is 0.619. The molecule has 148 valence electrons. The lowest BCUT2D eigenvalue weighted by Crippen LogP contribution is -2.29. The Morgan fingerprint density at radius 3 is 2.59 bits per heavy atom. The first-order valence-corrected chi connectivity index (χ1v) is 9.39. The molecule has 0 aliphatic carbocycles. The zero-order valence-electron chi connectivity index (χ0n) is 16.3. The van der Waals surface area contributed by atoms with Gasteiger partial charge in [-0.2, -0.15) is 0 Å². The van der Waals surface area contributed by atoms with Gasteiger partial charge in [-0.1, -0.05) is 18.2 Å². The van der Waals surface area contributed by atoms with Crippen LogP contribution in [-0.2, 0) is 28.7 Å². The number of carbonyl (C=O) groups excluding carboxylic acids is 4. The first-order valence-electron chi connectivity index (χ1n) is 9.39. The minimum atomic E-state index is -0.930. The highest BCUT2D eigenvalue weighted by molar-refractivity contribution is 5.97. The van der Waals surface area contributed by atoms with Crippen molar-refractivity contribution in [3.8, 4) is 0 Å². The van der Waals surface area contributed by atoms with Crippen LogP contribution < -0.4 is 0 Å². The molecule has 6 heteroatoms. The third kappa shape index (κ3) is 5.70. The van der Waals surface area contributed by atoms with Crippen molar-refractivity contribution >= 4 is 23.3 Å². The second kappa shape index (κ2) is 8.74. The summed E-state index contributed by atoms with van der Waals surface area (Å²) in [6, 6.07) is 0. The van der Waals surface area contributed by atoms with Crippen LogP contribution in [0, 0.1) is 5.92 Å². The Hall–Kier alpha value is -2.08. The SMILES string of the molecule is C=C(C)[C@H]1CC=C(C(=O)OCC)CC(=O)C[C@@]2(C)CC(=O)[C@@H](CC(=O)C1)O2. The number of fused-ring (bicyclic) bond motifs is 2. The maximum Gasteiger partial charge on any atom is 0.334 e. The maximum absolute atomic E-state index is 12.6. The standard InChI is InChI=1S/C21H28O6/c1-5-26-20(25)15-7-6-14(13(2)3)8-16(22)10-19-18(24)12-21(4,27-19)11-17(23)9-15/h7,14,19H,2,5-6,8-12H2,1,3-4H3/t14-,19+,21-/m0/s1. The average molecular weight is 376 g/mol. The molecule has 2 bridgehead atoms. The Labute approximate surface area is 160 Å². The van der Waals surface area contributed by atoms with Crippen molar-refractivity contribution in [1.29, 1.82) is 0 Å². The Kier molecular flexibility index (Phi) is 6.87. The maximum atomic E-state index is 12.6. The summed E-state index contributed by atoms with van der Waals surface area (Å²) in [6.45, 7) is 9.38. The summed E-state index contributed by atoms with van der Waals surface area (Å²) in [4.78, 5) is 49.5. The molecule has 2 rings (SSSR count). The number of rotatable bonds is 3. The highest BCUT2D eigenvalue weighted by Crippen LogP contribution is 2.34. The molecule has 2 aliphatic rings. The predicted molar refractivity (Wildman–Crippen MR) is 99.0 cm³/mol. The summed E-state index contributed by atoms with van der Waals surface area (Å²) in [7, 11) is 0. The van der Waals surface area contributed by atoms with E-state index in [1.54, 1.807) is 19.9 Å². The normalized spacial score (nSPS) is 30.0. The topological polar surface area (TPSA) is 86.7 Å². The van der Waals surface area contributed by atoms with E-state index in [-0.39, 0.29) is 67.6 Å². The van der Waals surface area contributed by atoms with Gasteiger partial charge in [0.1, 0.15) is 17.7 Å². The van der Waals surface area contributed by atoms with Crippen LogP contribution in [-0.4, -0.2) is 41.6 Å². The molecule has 2 heterocycles. The van der Waals surface area contributed by atoms with Crippen LogP contribution in [0.15, 0.2) is 23.8 Å². The molecule has 6 nitrogen and oxygen atoms in total. The largest absolute Gasteiger partial charge is 0.463 e. The number of Topliss-reactive ketones (excluding diaryl/α,β-unsaturated/α-hetero) is 3. The molecule has 0 spiro atoms. The minimum absolute atomic E-state index is 0.0147. The van der Waals surface area contributed by atoms with E-state index < -0.39 is 17.7 Å². The summed E-state index contributed by atoms with van der Waals surface area (Å²) in [6.07, 6.45) is 1.59. The van der Waals surface area contributed by atoms with Crippen molar-refractivity contribution in [3.05, 3.63) is 23.8 Å². The summed E-state index contributed by atoms with van der Waals surface area (Å²) >= 11 is 0. The van der Waals surface area contributed by atoms with E-state index in [0.29, 0.717) is 6.42 Å². The lowest BCUT2D eigenvalue weighted by Gasteiger charge is -2.23. The van der Waals surface area contributed by atoms with Crippen molar-refractivity contribution in [2.24, 2.45) is 5.92 Å². The van der Waals surface area contributed by atoms with Crippen molar-refractivity contribution in [1.82, 2.24) is 0 Å². The van der Waals surface area contributed by atoms with Crippen LogP contribution in [0.2, 0.25) is 0 Å². The smallest absolute Gasteiger partial charge is 0.334 e. The van der Waals surface area contributed by atoms with Crippen molar-refractivity contribution in [2.75, 3.05) is 6.61 Å². The van der Waals surface area contributed by atoms with E-state index in [9.17, 15) is 19.2 Å². The Balaban J connectivity index is 2.33. The fourth-order valence-corrected chi connectivity index (χ4v) is 3.64. The molecule has 27 heavy (non-hydrogen) atoms. The molecule has 0 aromatic carbocycles. The summed E-state index contributed by atoms with van der Waals surface area (Å²) in [5, 5.41) is 0. The van der Waals surface area contributed by atoms with Gasteiger partial charge in [-0.3, -0.25) is 14.4 Å². The van der Waals surface area contributed by atoms with E-state index in [4.69, 9.17) is 9.47 Å². The van der Waals surface area contributed by atoms with Gasteiger partial charge in [0.05, 0.1) is 12.2 Å². The minimum Gasteiger partial charge on any atom is -0.463 e.